The number of aliphatic hydroxyl groups excluding tert-OH is 1. The number of unbranched alkanes of at least 4 members (excludes halogenated alkanes) is 1. The molecule has 5 N–H and O–H groups in total. The maximum absolute atomic E-state index is 11.8. The summed E-state index contributed by atoms with van der Waals surface area (Å²) in [6.07, 6.45) is 1.63. The molecule has 16 heavy (non-hydrogen) atoms. The number of carbonyl (C=O) groups excluding carboxylic acids is 2. The molecular weight excluding hydrogens is 210 g/mol. The fraction of sp³-hybridized carbons (Fsp3) is 0.800. The Morgan fingerprint density at radius 3 is 2.44 bits per heavy atom. The second-order valence-corrected chi connectivity index (χ2v) is 3.68. The third-order valence-electron chi connectivity index (χ3n) is 2.20. The molecule has 0 aromatic rings. The van der Waals surface area contributed by atoms with Crippen molar-refractivity contribution in [2.45, 2.75) is 32.2 Å². The van der Waals surface area contributed by atoms with Gasteiger partial charge in [0.25, 0.3) is 0 Å². The van der Waals surface area contributed by atoms with Crippen LogP contribution in [0.2, 0.25) is 0 Å². The number of nitrogens with zero attached hydrogens (tertiary/aromatic N) is 1. The summed E-state index contributed by atoms with van der Waals surface area (Å²) in [4.78, 5) is 23.9. The fourth-order valence-electron chi connectivity index (χ4n) is 1.34. The third kappa shape index (κ3) is 5.67. The van der Waals surface area contributed by atoms with Crippen molar-refractivity contribution in [1.82, 2.24) is 4.90 Å². The van der Waals surface area contributed by atoms with Gasteiger partial charge in [-0.3, -0.25) is 9.59 Å². The summed E-state index contributed by atoms with van der Waals surface area (Å²) in [5.74, 6) is -0.929. The molecule has 0 spiro atoms. The molecule has 0 aliphatic heterocycles. The summed E-state index contributed by atoms with van der Waals surface area (Å²) in [6, 6.07) is -0.902. The smallest absolute Gasteiger partial charge is 0.240 e. The lowest BCUT2D eigenvalue weighted by Gasteiger charge is -2.24. The zero-order valence-corrected chi connectivity index (χ0v) is 9.69. The number of primary amides is 1. The van der Waals surface area contributed by atoms with Gasteiger partial charge in [-0.2, -0.15) is 0 Å². The van der Waals surface area contributed by atoms with Gasteiger partial charge in [-0.15, -0.1) is 0 Å². The molecule has 1 unspecified atom stereocenters. The topological polar surface area (TPSA) is 110 Å². The second kappa shape index (κ2) is 8.06. The molecule has 2 amide bonds. The molecule has 0 saturated carbocycles. The Hall–Kier alpha value is -1.14. The van der Waals surface area contributed by atoms with Crippen LogP contribution in [0.5, 0.6) is 0 Å². The third-order valence-corrected chi connectivity index (χ3v) is 2.20. The first-order valence-electron chi connectivity index (χ1n) is 5.46. The average molecular weight is 231 g/mol. The molecule has 0 radical (unpaired) electrons. The normalized spacial score (nSPS) is 12.2. The number of aliphatic hydroxyl groups is 1. The molecule has 6 heteroatoms. The van der Waals surface area contributed by atoms with Gasteiger partial charge in [0.05, 0.1) is 19.1 Å². The van der Waals surface area contributed by atoms with Gasteiger partial charge >= 0.3 is 0 Å². The molecule has 0 bridgehead atoms. The Balaban J connectivity index is 4.28. The summed E-state index contributed by atoms with van der Waals surface area (Å²) >= 11 is 0. The Kier molecular flexibility index (Phi) is 7.49. The van der Waals surface area contributed by atoms with Gasteiger partial charge in [0, 0.05) is 13.1 Å². The molecule has 0 aliphatic rings. The lowest BCUT2D eigenvalue weighted by atomic mass is 10.1. The van der Waals surface area contributed by atoms with E-state index >= 15 is 0 Å². The largest absolute Gasteiger partial charge is 0.395 e. The molecule has 0 aromatic heterocycles. The Labute approximate surface area is 95.6 Å². The van der Waals surface area contributed by atoms with Gasteiger partial charge in [0.2, 0.25) is 11.8 Å². The van der Waals surface area contributed by atoms with Gasteiger partial charge in [0.1, 0.15) is 0 Å². The minimum absolute atomic E-state index is 0.112. The monoisotopic (exact) mass is 231 g/mol. The maximum Gasteiger partial charge on any atom is 0.240 e. The predicted octanol–water partition coefficient (Wildman–Crippen LogP) is -1.19. The van der Waals surface area contributed by atoms with E-state index < -0.39 is 11.9 Å². The number of carbonyl (C=O) groups is 2. The summed E-state index contributed by atoms with van der Waals surface area (Å²) < 4.78 is 0. The Morgan fingerprint density at radius 2 is 2.00 bits per heavy atom. The van der Waals surface area contributed by atoms with Crippen LogP contribution >= 0.6 is 0 Å². The van der Waals surface area contributed by atoms with E-state index in [9.17, 15) is 9.59 Å². The molecule has 6 nitrogen and oxygen atoms in total. The zero-order chi connectivity index (χ0) is 12.6. The Morgan fingerprint density at radius 1 is 1.38 bits per heavy atom. The van der Waals surface area contributed by atoms with E-state index in [0.29, 0.717) is 6.54 Å². The number of amides is 2. The second-order valence-electron chi connectivity index (χ2n) is 3.68. The highest BCUT2D eigenvalue weighted by Gasteiger charge is 2.21. The molecule has 0 aliphatic carbocycles. The van der Waals surface area contributed by atoms with E-state index in [4.69, 9.17) is 16.6 Å². The highest BCUT2D eigenvalue weighted by Crippen LogP contribution is 2.00. The molecular formula is C10H21N3O3. The predicted molar refractivity (Wildman–Crippen MR) is 60.4 cm³/mol. The fourth-order valence-corrected chi connectivity index (χ4v) is 1.34. The van der Waals surface area contributed by atoms with Crippen molar-refractivity contribution >= 4 is 11.8 Å². The average Bonchev–Trinajstić information content (AvgIpc) is 2.22. The first kappa shape index (κ1) is 14.9. The van der Waals surface area contributed by atoms with Crippen LogP contribution in [0.25, 0.3) is 0 Å². The van der Waals surface area contributed by atoms with Crippen LogP contribution in [0, 0.1) is 0 Å². The first-order valence-corrected chi connectivity index (χ1v) is 5.46. The SMILES string of the molecule is CCCCN(CCO)C(=O)C(N)CC(N)=O. The zero-order valence-electron chi connectivity index (χ0n) is 9.69. The quantitative estimate of drug-likeness (QED) is 0.488. The van der Waals surface area contributed by atoms with E-state index in [2.05, 4.69) is 0 Å². The van der Waals surface area contributed by atoms with E-state index in [1.54, 1.807) is 0 Å². The van der Waals surface area contributed by atoms with Gasteiger partial charge in [-0.25, -0.2) is 0 Å². The van der Waals surface area contributed by atoms with Crippen molar-refractivity contribution < 1.29 is 14.7 Å². The molecule has 0 saturated heterocycles. The molecule has 0 fully saturated rings. The van der Waals surface area contributed by atoms with Crippen LogP contribution in [0.1, 0.15) is 26.2 Å². The number of hydrogen-bond donors (Lipinski definition) is 3. The number of rotatable bonds is 8. The van der Waals surface area contributed by atoms with E-state index in [1.807, 2.05) is 6.92 Å². The van der Waals surface area contributed by atoms with Crippen LogP contribution in [-0.4, -0.2) is 47.6 Å². The van der Waals surface area contributed by atoms with Crippen molar-refractivity contribution in [1.29, 1.82) is 0 Å². The number of nitrogens with two attached hydrogens (primary N) is 2. The lowest BCUT2D eigenvalue weighted by Crippen LogP contribution is -2.46. The van der Waals surface area contributed by atoms with E-state index in [1.165, 1.54) is 4.90 Å². The summed E-state index contributed by atoms with van der Waals surface area (Å²) in [7, 11) is 0. The summed E-state index contributed by atoms with van der Waals surface area (Å²) in [6.45, 7) is 2.68. The summed E-state index contributed by atoms with van der Waals surface area (Å²) in [5, 5.41) is 8.82. The van der Waals surface area contributed by atoms with E-state index in [0.717, 1.165) is 12.8 Å². The lowest BCUT2D eigenvalue weighted by molar-refractivity contribution is -0.135. The Bertz CT molecular complexity index is 233. The minimum Gasteiger partial charge on any atom is -0.395 e. The molecule has 1 atom stereocenters. The van der Waals surface area contributed by atoms with Gasteiger partial charge in [0.15, 0.2) is 0 Å². The van der Waals surface area contributed by atoms with Crippen LogP contribution in [-0.2, 0) is 9.59 Å². The molecule has 0 rings (SSSR count). The molecule has 0 aromatic carbocycles. The van der Waals surface area contributed by atoms with Crippen LogP contribution in [0.3, 0.4) is 0 Å². The van der Waals surface area contributed by atoms with Crippen molar-refractivity contribution in [3.8, 4) is 0 Å². The van der Waals surface area contributed by atoms with Gasteiger partial charge in [-0.05, 0) is 6.42 Å². The van der Waals surface area contributed by atoms with Crippen LogP contribution in [0.15, 0.2) is 0 Å². The van der Waals surface area contributed by atoms with Gasteiger partial charge < -0.3 is 21.5 Å². The van der Waals surface area contributed by atoms with Gasteiger partial charge in [-0.1, -0.05) is 13.3 Å². The minimum atomic E-state index is -0.902. The number of hydrogen-bond acceptors (Lipinski definition) is 4. The van der Waals surface area contributed by atoms with Crippen molar-refractivity contribution in [2.24, 2.45) is 11.5 Å². The standard InChI is InChI=1S/C10H21N3O3/c1-2-3-4-13(5-6-14)10(16)8(11)7-9(12)15/h8,14H,2-7,11H2,1H3,(H2,12,15). The van der Waals surface area contributed by atoms with Crippen LogP contribution < -0.4 is 11.5 Å². The maximum atomic E-state index is 11.8. The van der Waals surface area contributed by atoms with Crippen LogP contribution in [0.4, 0.5) is 0 Å². The molecule has 0 heterocycles. The highest BCUT2D eigenvalue weighted by molar-refractivity contribution is 5.87. The first-order chi connectivity index (χ1) is 7.52. The van der Waals surface area contributed by atoms with E-state index in [-0.39, 0.29) is 25.5 Å². The molecule has 94 valence electrons. The summed E-state index contributed by atoms with van der Waals surface area (Å²) in [5.41, 5.74) is 10.5. The van der Waals surface area contributed by atoms with Crippen molar-refractivity contribution in [2.75, 3.05) is 19.7 Å². The van der Waals surface area contributed by atoms with Crippen molar-refractivity contribution in [3.05, 3.63) is 0 Å². The van der Waals surface area contributed by atoms with Crippen molar-refractivity contribution in [3.63, 3.8) is 0 Å². The highest BCUT2D eigenvalue weighted by atomic mass is 16.3.